The van der Waals surface area contributed by atoms with Gasteiger partial charge in [0, 0.05) is 7.05 Å². The Hall–Kier alpha value is -0.460. The van der Waals surface area contributed by atoms with E-state index in [1.807, 2.05) is 0 Å². The van der Waals surface area contributed by atoms with Gasteiger partial charge in [0.1, 0.15) is 5.60 Å². The Morgan fingerprint density at radius 2 is 1.73 bits per heavy atom. The van der Waals surface area contributed by atoms with Crippen LogP contribution in [0.3, 0.4) is 0 Å². The van der Waals surface area contributed by atoms with Gasteiger partial charge in [0.05, 0.1) is 5.25 Å². The minimum Gasteiger partial charge on any atom is -0.443 e. The molecule has 15 heavy (non-hydrogen) atoms. The molecule has 0 spiro atoms. The number of ether oxygens (including phenoxy) is 1. The van der Waals surface area contributed by atoms with Crippen molar-refractivity contribution in [2.24, 2.45) is 0 Å². The standard InChI is InChI=1S/C9H21NO4S/c1-7(2)15(12,13)10(6)8(11)14-9(3,4)5/h7,12-13H,1-6H3. The quantitative estimate of drug-likeness (QED) is 0.777. The van der Waals surface area contributed by atoms with Gasteiger partial charge in [-0.25, -0.2) is 9.10 Å². The second kappa shape index (κ2) is 4.59. The van der Waals surface area contributed by atoms with Crippen molar-refractivity contribution in [2.75, 3.05) is 7.05 Å². The van der Waals surface area contributed by atoms with Crippen molar-refractivity contribution in [3.63, 3.8) is 0 Å². The van der Waals surface area contributed by atoms with E-state index < -0.39 is 27.7 Å². The molecule has 0 aliphatic rings. The molecule has 0 heterocycles. The summed E-state index contributed by atoms with van der Waals surface area (Å²) in [4.78, 5) is 11.5. The molecule has 0 aromatic rings. The van der Waals surface area contributed by atoms with Crippen molar-refractivity contribution in [3.05, 3.63) is 0 Å². The molecule has 6 heteroatoms. The van der Waals surface area contributed by atoms with Crippen molar-refractivity contribution in [2.45, 2.75) is 45.5 Å². The molecule has 0 fully saturated rings. The highest BCUT2D eigenvalue weighted by Gasteiger charge is 2.30. The average Bonchev–Trinajstić information content (AvgIpc) is 1.99. The largest absolute Gasteiger partial charge is 0.443 e. The summed E-state index contributed by atoms with van der Waals surface area (Å²) in [6, 6.07) is 0. The van der Waals surface area contributed by atoms with Crippen LogP contribution in [0.25, 0.3) is 0 Å². The lowest BCUT2D eigenvalue weighted by atomic mass is 10.2. The zero-order chi connectivity index (χ0) is 12.4. The predicted octanol–water partition coefficient (Wildman–Crippen LogP) is 2.93. The van der Waals surface area contributed by atoms with Crippen LogP contribution < -0.4 is 0 Å². The lowest BCUT2D eigenvalue weighted by Crippen LogP contribution is -2.38. The SMILES string of the molecule is CC(C)S(O)(O)N(C)C(=O)OC(C)(C)C. The van der Waals surface area contributed by atoms with Crippen molar-refractivity contribution in [3.8, 4) is 0 Å². The lowest BCUT2D eigenvalue weighted by Gasteiger charge is -2.43. The van der Waals surface area contributed by atoms with Gasteiger partial charge in [0.2, 0.25) is 0 Å². The Morgan fingerprint density at radius 1 is 1.33 bits per heavy atom. The summed E-state index contributed by atoms with van der Waals surface area (Å²) in [5.74, 6) is 0. The summed E-state index contributed by atoms with van der Waals surface area (Å²) in [5, 5.41) is -0.421. The molecular formula is C9H21NO4S. The first kappa shape index (κ1) is 14.5. The van der Waals surface area contributed by atoms with E-state index in [4.69, 9.17) is 4.74 Å². The van der Waals surface area contributed by atoms with Gasteiger partial charge >= 0.3 is 6.09 Å². The van der Waals surface area contributed by atoms with Gasteiger partial charge in [-0.2, -0.15) is 0 Å². The Morgan fingerprint density at radius 3 is 2.00 bits per heavy atom. The highest BCUT2D eigenvalue weighted by Crippen LogP contribution is 2.47. The van der Waals surface area contributed by atoms with Crippen molar-refractivity contribution < 1.29 is 18.6 Å². The van der Waals surface area contributed by atoms with Crippen LogP contribution in [0.5, 0.6) is 0 Å². The Labute approximate surface area is 92.9 Å². The molecule has 0 aromatic heterocycles. The number of carbonyl (C=O) groups excluding carboxylic acids is 1. The second-order valence-electron chi connectivity index (χ2n) is 4.59. The molecule has 0 saturated heterocycles. The maximum Gasteiger partial charge on any atom is 0.428 e. The maximum absolute atomic E-state index is 11.5. The molecule has 92 valence electrons. The van der Waals surface area contributed by atoms with Crippen LogP contribution in [-0.4, -0.2) is 37.4 Å². The molecule has 0 aliphatic heterocycles. The Kier molecular flexibility index (Phi) is 4.45. The highest BCUT2D eigenvalue weighted by atomic mass is 32.3. The zero-order valence-electron chi connectivity index (χ0n) is 10.1. The topological polar surface area (TPSA) is 70.0 Å². The summed E-state index contributed by atoms with van der Waals surface area (Å²) in [6.07, 6.45) is -0.726. The van der Waals surface area contributed by atoms with Gasteiger partial charge in [-0.1, -0.05) is 0 Å². The fourth-order valence-electron chi connectivity index (χ4n) is 0.752. The summed E-state index contributed by atoms with van der Waals surface area (Å²) in [6.45, 7) is 8.44. The van der Waals surface area contributed by atoms with Crippen LogP contribution in [0.1, 0.15) is 34.6 Å². The van der Waals surface area contributed by atoms with Crippen LogP contribution >= 0.6 is 10.8 Å². The highest BCUT2D eigenvalue weighted by molar-refractivity contribution is 8.23. The number of hydrogen-bond donors (Lipinski definition) is 2. The Bertz CT molecular complexity index is 235. The van der Waals surface area contributed by atoms with Gasteiger partial charge in [-0.15, -0.1) is 10.8 Å². The molecule has 0 atom stereocenters. The zero-order valence-corrected chi connectivity index (χ0v) is 11.0. The molecule has 0 radical (unpaired) electrons. The monoisotopic (exact) mass is 239 g/mol. The molecule has 0 unspecified atom stereocenters. The third-order valence-electron chi connectivity index (χ3n) is 1.69. The smallest absolute Gasteiger partial charge is 0.428 e. The summed E-state index contributed by atoms with van der Waals surface area (Å²) in [7, 11) is -1.77. The van der Waals surface area contributed by atoms with E-state index in [1.54, 1.807) is 34.6 Å². The first-order valence-corrected chi connectivity index (χ1v) is 6.29. The van der Waals surface area contributed by atoms with Gasteiger partial charge in [0.25, 0.3) is 0 Å². The van der Waals surface area contributed by atoms with Crippen molar-refractivity contribution >= 4 is 16.9 Å². The van der Waals surface area contributed by atoms with E-state index in [1.165, 1.54) is 7.05 Å². The number of amides is 1. The second-order valence-corrected chi connectivity index (χ2v) is 7.20. The van der Waals surface area contributed by atoms with E-state index in [0.29, 0.717) is 0 Å². The molecule has 0 bridgehead atoms. The van der Waals surface area contributed by atoms with Crippen LogP contribution in [0.4, 0.5) is 4.79 Å². The normalized spacial score (nSPS) is 13.9. The van der Waals surface area contributed by atoms with E-state index in [2.05, 4.69) is 0 Å². The van der Waals surface area contributed by atoms with Crippen LogP contribution in [-0.2, 0) is 4.74 Å². The molecule has 0 saturated carbocycles. The van der Waals surface area contributed by atoms with E-state index in [9.17, 15) is 13.9 Å². The third kappa shape index (κ3) is 4.27. The molecule has 0 aliphatic carbocycles. The molecule has 1 amide bonds. The number of rotatable bonds is 2. The van der Waals surface area contributed by atoms with Crippen molar-refractivity contribution in [1.29, 1.82) is 0 Å². The average molecular weight is 239 g/mol. The van der Waals surface area contributed by atoms with Gasteiger partial charge in [-0.3, -0.25) is 9.11 Å². The fourth-order valence-corrected chi connectivity index (χ4v) is 1.64. The number of nitrogens with zero attached hydrogens (tertiary/aromatic N) is 1. The fraction of sp³-hybridized carbons (Fsp3) is 0.889. The first-order valence-electron chi connectivity index (χ1n) is 4.72. The minimum absolute atomic E-state index is 0.421. The summed E-state index contributed by atoms with van der Waals surface area (Å²) < 4.78 is 25.3. The molecular weight excluding hydrogens is 218 g/mol. The van der Waals surface area contributed by atoms with E-state index in [-0.39, 0.29) is 0 Å². The molecule has 2 N–H and O–H groups in total. The predicted molar refractivity (Wildman–Crippen MR) is 62.0 cm³/mol. The summed E-state index contributed by atoms with van der Waals surface area (Å²) in [5.41, 5.74) is -0.641. The first-order chi connectivity index (χ1) is 6.48. The maximum atomic E-state index is 11.5. The van der Waals surface area contributed by atoms with E-state index in [0.717, 1.165) is 4.31 Å². The summed E-state index contributed by atoms with van der Waals surface area (Å²) >= 11 is 0. The van der Waals surface area contributed by atoms with Crippen LogP contribution in [0.2, 0.25) is 0 Å². The third-order valence-corrected chi connectivity index (χ3v) is 3.91. The molecule has 5 nitrogen and oxygen atoms in total. The van der Waals surface area contributed by atoms with Crippen LogP contribution in [0, 0.1) is 0 Å². The Balaban J connectivity index is 4.59. The van der Waals surface area contributed by atoms with Gasteiger partial charge in [0.15, 0.2) is 0 Å². The lowest BCUT2D eigenvalue weighted by molar-refractivity contribution is 0.0406. The number of carbonyl (C=O) groups is 1. The van der Waals surface area contributed by atoms with Crippen molar-refractivity contribution in [1.82, 2.24) is 4.31 Å². The molecule has 0 aromatic carbocycles. The van der Waals surface area contributed by atoms with Gasteiger partial charge < -0.3 is 4.74 Å². The number of hydrogen-bond acceptors (Lipinski definition) is 4. The van der Waals surface area contributed by atoms with Gasteiger partial charge in [-0.05, 0) is 34.6 Å². The molecule has 0 rings (SSSR count). The van der Waals surface area contributed by atoms with Crippen LogP contribution in [0.15, 0.2) is 0 Å². The van der Waals surface area contributed by atoms with E-state index >= 15 is 0 Å². The minimum atomic E-state index is -3.09.